The lowest BCUT2D eigenvalue weighted by Gasteiger charge is -2.21. The van der Waals surface area contributed by atoms with Crippen molar-refractivity contribution in [2.24, 2.45) is 0 Å². The van der Waals surface area contributed by atoms with Gasteiger partial charge in [-0.3, -0.25) is 0 Å². The Morgan fingerprint density at radius 2 is 2.05 bits per heavy atom. The maximum Gasteiger partial charge on any atom is 0.217 e. The molecular formula is C15H26BrN3O. The van der Waals surface area contributed by atoms with E-state index in [1.165, 1.54) is 0 Å². The molecule has 0 radical (unpaired) electrons. The van der Waals surface area contributed by atoms with E-state index in [9.17, 15) is 0 Å². The molecule has 114 valence electrons. The van der Waals surface area contributed by atoms with Crippen LogP contribution in [-0.4, -0.2) is 42.7 Å². The van der Waals surface area contributed by atoms with Gasteiger partial charge in [0.1, 0.15) is 0 Å². The third kappa shape index (κ3) is 7.22. The molecule has 1 aromatic rings. The number of nitrogens with one attached hydrogen (secondary N) is 1. The molecule has 0 aliphatic heterocycles. The summed E-state index contributed by atoms with van der Waals surface area (Å²) in [5.41, 5.74) is 1.16. The van der Waals surface area contributed by atoms with Crippen LogP contribution < -0.4 is 10.1 Å². The third-order valence-electron chi connectivity index (χ3n) is 2.69. The molecule has 20 heavy (non-hydrogen) atoms. The monoisotopic (exact) mass is 343 g/mol. The number of halogens is 1. The number of hydrogen-bond donors (Lipinski definition) is 1. The topological polar surface area (TPSA) is 37.4 Å². The number of aromatic nitrogens is 1. The molecule has 0 fully saturated rings. The van der Waals surface area contributed by atoms with Crippen LogP contribution >= 0.6 is 15.9 Å². The minimum absolute atomic E-state index is 0.0739. The molecule has 1 aromatic heterocycles. The van der Waals surface area contributed by atoms with E-state index in [4.69, 9.17) is 4.74 Å². The quantitative estimate of drug-likeness (QED) is 0.772. The van der Waals surface area contributed by atoms with Crippen molar-refractivity contribution in [3.05, 3.63) is 22.3 Å². The molecule has 4 nitrogen and oxygen atoms in total. The molecule has 1 N–H and O–H groups in total. The highest BCUT2D eigenvalue weighted by molar-refractivity contribution is 9.10. The molecule has 1 heterocycles. The first-order valence-electron chi connectivity index (χ1n) is 6.95. The predicted molar refractivity (Wildman–Crippen MR) is 87.2 cm³/mol. The maximum atomic E-state index is 5.81. The zero-order valence-corrected chi connectivity index (χ0v) is 14.7. The summed E-state index contributed by atoms with van der Waals surface area (Å²) in [6, 6.07) is 2.06. The van der Waals surface area contributed by atoms with Crippen LogP contribution in [0, 0.1) is 0 Å². The van der Waals surface area contributed by atoms with Gasteiger partial charge in [0.25, 0.3) is 0 Å². The fraction of sp³-hybridized carbons (Fsp3) is 0.667. The number of nitrogens with zero attached hydrogens (tertiary/aromatic N) is 2. The van der Waals surface area contributed by atoms with Gasteiger partial charge in [0.15, 0.2) is 0 Å². The standard InChI is InChI=1S/C15H26BrN3O/c1-15(2,3)18-10-12-9-13(16)11-17-14(12)20-8-6-7-19(4)5/h9,11,18H,6-8,10H2,1-5H3. The van der Waals surface area contributed by atoms with Gasteiger partial charge in [-0.05, 0) is 63.3 Å². The molecule has 0 aliphatic rings. The number of pyridine rings is 1. The van der Waals surface area contributed by atoms with Gasteiger partial charge in [-0.1, -0.05) is 0 Å². The summed E-state index contributed by atoms with van der Waals surface area (Å²) in [7, 11) is 4.13. The number of ether oxygens (including phenoxy) is 1. The Morgan fingerprint density at radius 1 is 1.35 bits per heavy atom. The fourth-order valence-electron chi connectivity index (χ4n) is 1.64. The summed E-state index contributed by atoms with van der Waals surface area (Å²) in [4.78, 5) is 6.53. The van der Waals surface area contributed by atoms with Crippen molar-refractivity contribution in [1.82, 2.24) is 15.2 Å². The molecule has 0 saturated heterocycles. The average molecular weight is 344 g/mol. The summed E-state index contributed by atoms with van der Waals surface area (Å²) < 4.78 is 6.78. The normalized spacial score (nSPS) is 11.9. The molecule has 0 unspecified atom stereocenters. The van der Waals surface area contributed by atoms with E-state index in [1.54, 1.807) is 6.20 Å². The predicted octanol–water partition coefficient (Wildman–Crippen LogP) is 3.06. The van der Waals surface area contributed by atoms with E-state index < -0.39 is 0 Å². The van der Waals surface area contributed by atoms with Crippen molar-refractivity contribution >= 4 is 15.9 Å². The molecule has 0 aromatic carbocycles. The fourth-order valence-corrected chi connectivity index (χ4v) is 2.01. The van der Waals surface area contributed by atoms with Gasteiger partial charge in [0, 0.05) is 34.9 Å². The first kappa shape index (κ1) is 17.4. The van der Waals surface area contributed by atoms with Crippen molar-refractivity contribution in [2.45, 2.75) is 39.3 Å². The lowest BCUT2D eigenvalue weighted by molar-refractivity contribution is 0.269. The summed E-state index contributed by atoms with van der Waals surface area (Å²) in [6.45, 7) is 8.91. The van der Waals surface area contributed by atoms with Gasteiger partial charge in [0.2, 0.25) is 5.88 Å². The highest BCUT2D eigenvalue weighted by Gasteiger charge is 2.12. The van der Waals surface area contributed by atoms with Crippen LogP contribution in [0.15, 0.2) is 16.7 Å². The lowest BCUT2D eigenvalue weighted by Crippen LogP contribution is -2.35. The van der Waals surface area contributed by atoms with Crippen molar-refractivity contribution in [3.8, 4) is 5.88 Å². The molecule has 0 amide bonds. The van der Waals surface area contributed by atoms with E-state index in [-0.39, 0.29) is 5.54 Å². The zero-order chi connectivity index (χ0) is 15.2. The van der Waals surface area contributed by atoms with E-state index in [2.05, 4.69) is 72.1 Å². The molecule has 0 atom stereocenters. The van der Waals surface area contributed by atoms with E-state index in [0.717, 1.165) is 35.4 Å². The lowest BCUT2D eigenvalue weighted by atomic mass is 10.1. The van der Waals surface area contributed by atoms with Crippen LogP contribution in [0.4, 0.5) is 0 Å². The maximum absolute atomic E-state index is 5.81. The van der Waals surface area contributed by atoms with Gasteiger partial charge in [0.05, 0.1) is 6.61 Å². The van der Waals surface area contributed by atoms with Gasteiger partial charge in [-0.25, -0.2) is 4.98 Å². The second kappa shape index (κ2) is 7.96. The van der Waals surface area contributed by atoms with Crippen LogP contribution in [0.1, 0.15) is 32.8 Å². The number of rotatable bonds is 7. The van der Waals surface area contributed by atoms with Crippen molar-refractivity contribution in [2.75, 3.05) is 27.2 Å². The minimum Gasteiger partial charge on any atom is -0.477 e. The molecule has 0 bridgehead atoms. The second-order valence-electron chi connectivity index (χ2n) is 6.23. The molecule has 5 heteroatoms. The molecule has 0 saturated carbocycles. The Morgan fingerprint density at radius 3 is 2.65 bits per heavy atom. The highest BCUT2D eigenvalue weighted by atomic mass is 79.9. The average Bonchev–Trinajstić information content (AvgIpc) is 2.32. The summed E-state index contributed by atoms with van der Waals surface area (Å²) in [6.07, 6.45) is 2.78. The van der Waals surface area contributed by atoms with Crippen LogP contribution in [0.3, 0.4) is 0 Å². The van der Waals surface area contributed by atoms with Gasteiger partial charge in [-0.15, -0.1) is 0 Å². The summed E-state index contributed by atoms with van der Waals surface area (Å²) in [5.74, 6) is 0.726. The Labute approximate surface area is 131 Å². The first-order chi connectivity index (χ1) is 9.28. The Balaban J connectivity index is 2.60. The van der Waals surface area contributed by atoms with E-state index in [1.807, 2.05) is 0 Å². The molecular weight excluding hydrogens is 318 g/mol. The Bertz CT molecular complexity index is 416. The SMILES string of the molecule is CN(C)CCCOc1ncc(Br)cc1CNC(C)(C)C. The van der Waals surface area contributed by atoms with Crippen LogP contribution in [0.2, 0.25) is 0 Å². The first-order valence-corrected chi connectivity index (χ1v) is 7.74. The third-order valence-corrected chi connectivity index (χ3v) is 3.12. The highest BCUT2D eigenvalue weighted by Crippen LogP contribution is 2.21. The second-order valence-corrected chi connectivity index (χ2v) is 7.14. The Kier molecular flexibility index (Phi) is 6.92. The molecule has 0 spiro atoms. The van der Waals surface area contributed by atoms with Crippen molar-refractivity contribution in [1.29, 1.82) is 0 Å². The largest absolute Gasteiger partial charge is 0.477 e. The van der Waals surface area contributed by atoms with Crippen LogP contribution in [0.5, 0.6) is 5.88 Å². The van der Waals surface area contributed by atoms with Crippen LogP contribution in [0.25, 0.3) is 0 Å². The van der Waals surface area contributed by atoms with Crippen LogP contribution in [-0.2, 0) is 6.54 Å². The van der Waals surface area contributed by atoms with Crippen molar-refractivity contribution < 1.29 is 4.74 Å². The zero-order valence-electron chi connectivity index (χ0n) is 13.2. The van der Waals surface area contributed by atoms with Gasteiger partial charge in [-0.2, -0.15) is 0 Å². The summed E-state index contributed by atoms with van der Waals surface area (Å²) >= 11 is 3.47. The smallest absolute Gasteiger partial charge is 0.217 e. The van der Waals surface area contributed by atoms with E-state index in [0.29, 0.717) is 6.61 Å². The molecule has 0 aliphatic carbocycles. The van der Waals surface area contributed by atoms with Crippen molar-refractivity contribution in [3.63, 3.8) is 0 Å². The summed E-state index contributed by atoms with van der Waals surface area (Å²) in [5, 5.41) is 3.47. The minimum atomic E-state index is 0.0739. The van der Waals surface area contributed by atoms with E-state index >= 15 is 0 Å². The molecule has 1 rings (SSSR count). The number of hydrogen-bond acceptors (Lipinski definition) is 4. The van der Waals surface area contributed by atoms with Gasteiger partial charge < -0.3 is 15.0 Å². The Hall–Kier alpha value is -0.650. The van der Waals surface area contributed by atoms with Gasteiger partial charge >= 0.3 is 0 Å².